The third-order valence-corrected chi connectivity index (χ3v) is 3.00. The molecule has 0 aliphatic carbocycles. The van der Waals surface area contributed by atoms with Gasteiger partial charge >= 0.3 is 0 Å². The van der Waals surface area contributed by atoms with Crippen molar-refractivity contribution in [3.05, 3.63) is 58.4 Å². The van der Waals surface area contributed by atoms with Crippen LogP contribution in [0, 0.1) is 10.1 Å². The number of nitrogens with zero attached hydrogens (tertiary/aromatic N) is 2. The summed E-state index contributed by atoms with van der Waals surface area (Å²) in [6.45, 7) is 0.846. The molecule has 0 radical (unpaired) electrons. The molecule has 0 atom stereocenters. The summed E-state index contributed by atoms with van der Waals surface area (Å²) in [7, 11) is 1.54. The first kappa shape index (κ1) is 16.4. The van der Waals surface area contributed by atoms with Crippen LogP contribution in [0.3, 0.4) is 0 Å². The predicted molar refractivity (Wildman–Crippen MR) is 85.7 cm³/mol. The second-order valence-electron chi connectivity index (χ2n) is 4.60. The molecule has 2 rings (SSSR count). The number of nitro groups is 1. The summed E-state index contributed by atoms with van der Waals surface area (Å²) in [4.78, 5) is 26.7. The lowest BCUT2D eigenvalue weighted by Crippen LogP contribution is -2.13. The summed E-state index contributed by atoms with van der Waals surface area (Å²) in [5, 5.41) is 16.7. The van der Waals surface area contributed by atoms with Crippen LogP contribution >= 0.6 is 0 Å². The lowest BCUT2D eigenvalue weighted by molar-refractivity contribution is -0.384. The number of anilines is 2. The highest BCUT2D eigenvalue weighted by molar-refractivity contribution is 6.05. The number of pyridine rings is 1. The van der Waals surface area contributed by atoms with Crippen LogP contribution in [0.5, 0.6) is 0 Å². The van der Waals surface area contributed by atoms with Crippen LogP contribution in [-0.2, 0) is 4.74 Å². The number of rotatable bonds is 7. The number of carbonyl (C=O) groups is 1. The molecular weight excluding hydrogens is 300 g/mol. The van der Waals surface area contributed by atoms with Crippen LogP contribution < -0.4 is 10.6 Å². The van der Waals surface area contributed by atoms with E-state index in [9.17, 15) is 14.9 Å². The highest BCUT2D eigenvalue weighted by Gasteiger charge is 2.17. The molecule has 0 saturated carbocycles. The second kappa shape index (κ2) is 7.85. The number of ether oxygens (including phenoxy) is 1. The molecule has 8 heteroatoms. The number of nitrogens with one attached hydrogen (secondary N) is 2. The molecule has 1 aromatic heterocycles. The molecule has 2 aromatic rings. The zero-order valence-electron chi connectivity index (χ0n) is 12.5. The summed E-state index contributed by atoms with van der Waals surface area (Å²) < 4.78 is 4.89. The van der Waals surface area contributed by atoms with E-state index in [4.69, 9.17) is 4.74 Å². The number of hydrogen-bond acceptors (Lipinski definition) is 6. The van der Waals surface area contributed by atoms with E-state index < -0.39 is 10.8 Å². The average Bonchev–Trinajstić information content (AvgIpc) is 2.56. The van der Waals surface area contributed by atoms with E-state index in [-0.39, 0.29) is 11.3 Å². The van der Waals surface area contributed by atoms with E-state index in [1.165, 1.54) is 24.4 Å². The zero-order valence-corrected chi connectivity index (χ0v) is 12.5. The minimum Gasteiger partial charge on any atom is -0.383 e. The van der Waals surface area contributed by atoms with Crippen molar-refractivity contribution in [2.75, 3.05) is 30.9 Å². The fourth-order valence-electron chi connectivity index (χ4n) is 1.90. The molecule has 120 valence electrons. The van der Waals surface area contributed by atoms with E-state index >= 15 is 0 Å². The number of nitro benzene ring substituents is 1. The van der Waals surface area contributed by atoms with Gasteiger partial charge in [0.25, 0.3) is 11.6 Å². The quantitative estimate of drug-likeness (QED) is 0.461. The summed E-state index contributed by atoms with van der Waals surface area (Å²) in [6, 6.07) is 7.63. The molecule has 0 saturated heterocycles. The van der Waals surface area contributed by atoms with Crippen LogP contribution in [0.2, 0.25) is 0 Å². The topological polar surface area (TPSA) is 106 Å². The first-order valence-corrected chi connectivity index (χ1v) is 6.84. The number of benzene rings is 1. The average molecular weight is 316 g/mol. The zero-order chi connectivity index (χ0) is 16.7. The van der Waals surface area contributed by atoms with Crippen LogP contribution in [0.4, 0.5) is 17.1 Å². The fraction of sp³-hybridized carbons (Fsp3) is 0.200. The van der Waals surface area contributed by atoms with Crippen molar-refractivity contribution in [2.45, 2.75) is 0 Å². The third kappa shape index (κ3) is 4.48. The van der Waals surface area contributed by atoms with Gasteiger partial charge < -0.3 is 15.4 Å². The van der Waals surface area contributed by atoms with Gasteiger partial charge in [-0.1, -0.05) is 0 Å². The Hall–Kier alpha value is -3.00. The molecular formula is C15H16N4O4. The van der Waals surface area contributed by atoms with Crippen LogP contribution in [-0.4, -0.2) is 36.1 Å². The number of carbonyl (C=O) groups excluding carboxylic acids is 1. The minimum atomic E-state index is -0.532. The van der Waals surface area contributed by atoms with Gasteiger partial charge in [-0.05, 0) is 24.3 Å². The van der Waals surface area contributed by atoms with E-state index in [2.05, 4.69) is 15.6 Å². The van der Waals surface area contributed by atoms with E-state index in [1.54, 1.807) is 25.4 Å². The van der Waals surface area contributed by atoms with Gasteiger partial charge in [-0.25, -0.2) is 0 Å². The summed E-state index contributed by atoms with van der Waals surface area (Å²) in [5.41, 5.74) is 0.880. The first-order chi connectivity index (χ1) is 11.1. The minimum absolute atomic E-state index is 0.167. The maximum absolute atomic E-state index is 12.2. The van der Waals surface area contributed by atoms with Crippen molar-refractivity contribution in [3.8, 4) is 0 Å². The molecule has 2 N–H and O–H groups in total. The van der Waals surface area contributed by atoms with Crippen molar-refractivity contribution in [1.82, 2.24) is 4.98 Å². The van der Waals surface area contributed by atoms with Crippen molar-refractivity contribution in [3.63, 3.8) is 0 Å². The van der Waals surface area contributed by atoms with Gasteiger partial charge in [0.15, 0.2) is 0 Å². The molecule has 23 heavy (non-hydrogen) atoms. The molecule has 0 unspecified atom stereocenters. The summed E-state index contributed by atoms with van der Waals surface area (Å²) >= 11 is 0. The Balaban J connectivity index is 2.18. The fourth-order valence-corrected chi connectivity index (χ4v) is 1.90. The Bertz CT molecular complexity index is 691. The molecule has 0 aliphatic rings. The molecule has 0 fully saturated rings. The number of amides is 1. The summed E-state index contributed by atoms with van der Waals surface area (Å²) in [6.07, 6.45) is 3.08. The van der Waals surface area contributed by atoms with Gasteiger partial charge in [-0.15, -0.1) is 0 Å². The molecule has 1 aromatic carbocycles. The van der Waals surface area contributed by atoms with Gasteiger partial charge in [-0.2, -0.15) is 0 Å². The van der Waals surface area contributed by atoms with Crippen LogP contribution in [0.25, 0.3) is 0 Å². The van der Waals surface area contributed by atoms with Gasteiger partial charge in [-0.3, -0.25) is 19.9 Å². The maximum atomic E-state index is 12.2. The number of aromatic nitrogens is 1. The smallest absolute Gasteiger partial charge is 0.293 e. The molecule has 0 aliphatic heterocycles. The monoisotopic (exact) mass is 316 g/mol. The molecule has 1 heterocycles. The Labute approximate surface area is 132 Å². The van der Waals surface area contributed by atoms with E-state index in [0.717, 1.165) is 0 Å². The van der Waals surface area contributed by atoms with Crippen molar-refractivity contribution < 1.29 is 14.5 Å². The van der Waals surface area contributed by atoms with Gasteiger partial charge in [0.1, 0.15) is 5.69 Å². The summed E-state index contributed by atoms with van der Waals surface area (Å²) in [5.74, 6) is -0.440. The largest absolute Gasteiger partial charge is 0.383 e. The third-order valence-electron chi connectivity index (χ3n) is 3.00. The Morgan fingerprint density at radius 1 is 1.39 bits per heavy atom. The van der Waals surface area contributed by atoms with Gasteiger partial charge in [0.2, 0.25) is 0 Å². The molecule has 0 spiro atoms. The Morgan fingerprint density at radius 3 is 2.87 bits per heavy atom. The predicted octanol–water partition coefficient (Wildman–Crippen LogP) is 2.30. The normalized spacial score (nSPS) is 10.1. The van der Waals surface area contributed by atoms with Crippen molar-refractivity contribution in [2.24, 2.45) is 0 Å². The molecule has 1 amide bonds. The first-order valence-electron chi connectivity index (χ1n) is 6.84. The van der Waals surface area contributed by atoms with Gasteiger partial charge in [0.05, 0.1) is 23.4 Å². The lowest BCUT2D eigenvalue weighted by Gasteiger charge is -2.09. The van der Waals surface area contributed by atoms with E-state index in [1.807, 2.05) is 0 Å². The number of methoxy groups -OCH3 is 1. The standard InChI is InChI=1S/C15H16N4O4/c1-23-8-7-17-13-5-4-11(9-14(13)19(21)22)15(20)18-12-3-2-6-16-10-12/h2-6,9-10,17H,7-8H2,1H3,(H,18,20). The van der Waals surface area contributed by atoms with Crippen LogP contribution in [0.1, 0.15) is 10.4 Å². The Kier molecular flexibility index (Phi) is 5.59. The van der Waals surface area contributed by atoms with Crippen molar-refractivity contribution >= 4 is 23.0 Å². The SMILES string of the molecule is COCCNc1ccc(C(=O)Nc2cccnc2)cc1[N+](=O)[O-]. The lowest BCUT2D eigenvalue weighted by atomic mass is 10.1. The van der Waals surface area contributed by atoms with Crippen LogP contribution in [0.15, 0.2) is 42.7 Å². The van der Waals surface area contributed by atoms with E-state index in [0.29, 0.717) is 24.5 Å². The highest BCUT2D eigenvalue weighted by atomic mass is 16.6. The van der Waals surface area contributed by atoms with Gasteiger partial charge in [0, 0.05) is 31.5 Å². The number of hydrogen-bond donors (Lipinski definition) is 2. The highest BCUT2D eigenvalue weighted by Crippen LogP contribution is 2.25. The molecule has 0 bridgehead atoms. The second-order valence-corrected chi connectivity index (χ2v) is 4.60. The molecule has 8 nitrogen and oxygen atoms in total. The Morgan fingerprint density at radius 2 is 2.22 bits per heavy atom. The maximum Gasteiger partial charge on any atom is 0.293 e. The van der Waals surface area contributed by atoms with Crippen molar-refractivity contribution in [1.29, 1.82) is 0 Å².